The maximum Gasteiger partial charge on any atom is 0.181 e. The maximum atomic E-state index is 9.29. The van der Waals surface area contributed by atoms with Crippen LogP contribution < -0.4 is 5.73 Å². The molecule has 1 heterocycles. The van der Waals surface area contributed by atoms with Crippen molar-refractivity contribution in [3.63, 3.8) is 0 Å². The van der Waals surface area contributed by atoms with Crippen LogP contribution >= 0.6 is 0 Å². The van der Waals surface area contributed by atoms with E-state index in [2.05, 4.69) is 15.2 Å². The van der Waals surface area contributed by atoms with Crippen LogP contribution in [-0.4, -0.2) is 20.3 Å². The number of benzene rings is 2. The van der Waals surface area contributed by atoms with Gasteiger partial charge in [-0.3, -0.25) is 5.10 Å². The fourth-order valence-corrected chi connectivity index (χ4v) is 2.14. The first-order valence-electron chi connectivity index (χ1n) is 6.73. The van der Waals surface area contributed by atoms with Gasteiger partial charge >= 0.3 is 0 Å². The fourth-order valence-electron chi connectivity index (χ4n) is 2.14. The highest BCUT2D eigenvalue weighted by Gasteiger charge is 2.13. The van der Waals surface area contributed by atoms with Crippen molar-refractivity contribution < 1.29 is 5.11 Å². The molecule has 0 spiro atoms. The van der Waals surface area contributed by atoms with E-state index in [1.165, 1.54) is 0 Å². The Morgan fingerprint density at radius 2 is 1.76 bits per heavy atom. The van der Waals surface area contributed by atoms with Crippen molar-refractivity contribution in [1.29, 1.82) is 0 Å². The summed E-state index contributed by atoms with van der Waals surface area (Å²) in [4.78, 5) is 4.43. The normalized spacial score (nSPS) is 12.2. The van der Waals surface area contributed by atoms with Gasteiger partial charge in [-0.2, -0.15) is 5.10 Å². The van der Waals surface area contributed by atoms with E-state index in [4.69, 9.17) is 5.73 Å². The van der Waals surface area contributed by atoms with Crippen molar-refractivity contribution in [2.75, 3.05) is 0 Å². The molecule has 1 atom stereocenters. The number of aromatic hydroxyl groups is 1. The molecular weight excluding hydrogens is 264 g/mol. The predicted octanol–water partition coefficient (Wildman–Crippen LogP) is 2.42. The van der Waals surface area contributed by atoms with E-state index >= 15 is 0 Å². The monoisotopic (exact) mass is 280 g/mol. The van der Waals surface area contributed by atoms with Gasteiger partial charge in [-0.05, 0) is 36.2 Å². The number of nitrogens with zero attached hydrogens (tertiary/aromatic N) is 2. The molecule has 1 aromatic heterocycles. The van der Waals surface area contributed by atoms with Crippen LogP contribution in [0.1, 0.15) is 17.4 Å². The second kappa shape index (κ2) is 5.76. The van der Waals surface area contributed by atoms with Crippen LogP contribution in [0.4, 0.5) is 0 Å². The molecule has 0 bridgehead atoms. The number of aromatic nitrogens is 3. The van der Waals surface area contributed by atoms with Crippen molar-refractivity contribution in [1.82, 2.24) is 15.2 Å². The van der Waals surface area contributed by atoms with E-state index in [1.807, 2.05) is 30.3 Å². The molecule has 106 valence electrons. The zero-order valence-electron chi connectivity index (χ0n) is 11.4. The summed E-state index contributed by atoms with van der Waals surface area (Å²) in [5.41, 5.74) is 8.16. The van der Waals surface area contributed by atoms with Crippen molar-refractivity contribution in [3.05, 3.63) is 66.0 Å². The molecule has 3 rings (SSSR count). The number of nitrogens with two attached hydrogens (primary N) is 1. The summed E-state index contributed by atoms with van der Waals surface area (Å²) < 4.78 is 0. The summed E-state index contributed by atoms with van der Waals surface area (Å²) in [6, 6.07) is 16.6. The largest absolute Gasteiger partial charge is 0.508 e. The number of hydrogen-bond acceptors (Lipinski definition) is 4. The van der Waals surface area contributed by atoms with E-state index in [1.54, 1.807) is 24.3 Å². The van der Waals surface area contributed by atoms with Gasteiger partial charge < -0.3 is 10.8 Å². The van der Waals surface area contributed by atoms with Crippen LogP contribution in [0.2, 0.25) is 0 Å². The third-order valence-corrected chi connectivity index (χ3v) is 3.28. The van der Waals surface area contributed by atoms with Gasteiger partial charge in [0.05, 0.1) is 6.04 Å². The Hall–Kier alpha value is -2.66. The van der Waals surface area contributed by atoms with Crippen molar-refractivity contribution in [2.24, 2.45) is 5.73 Å². The fraction of sp³-hybridized carbons (Fsp3) is 0.125. The standard InChI is InChI=1S/C16H16N4O/c17-14(10-11-4-2-1-3-5-11)16-18-15(19-20-16)12-6-8-13(21)9-7-12/h1-9,14,21H,10,17H2,(H,18,19,20)/t14-/m1/s1. The maximum absolute atomic E-state index is 9.29. The van der Waals surface area contributed by atoms with Crippen LogP contribution in [0.15, 0.2) is 54.6 Å². The molecule has 0 aliphatic carbocycles. The van der Waals surface area contributed by atoms with Gasteiger partial charge in [-0.25, -0.2) is 4.98 Å². The Morgan fingerprint density at radius 3 is 2.48 bits per heavy atom. The highest BCUT2D eigenvalue weighted by Crippen LogP contribution is 2.20. The minimum absolute atomic E-state index is 0.218. The summed E-state index contributed by atoms with van der Waals surface area (Å²) in [7, 11) is 0. The molecule has 0 fully saturated rings. The Morgan fingerprint density at radius 1 is 1.05 bits per heavy atom. The first-order chi connectivity index (χ1) is 10.2. The lowest BCUT2D eigenvalue weighted by molar-refractivity contribution is 0.475. The molecule has 5 heteroatoms. The van der Waals surface area contributed by atoms with E-state index in [0.29, 0.717) is 18.1 Å². The molecule has 0 aliphatic rings. The minimum atomic E-state index is -0.231. The summed E-state index contributed by atoms with van der Waals surface area (Å²) in [6.07, 6.45) is 0.699. The van der Waals surface area contributed by atoms with Gasteiger partial charge in [0.15, 0.2) is 5.82 Å². The second-order valence-corrected chi connectivity index (χ2v) is 4.89. The van der Waals surface area contributed by atoms with Gasteiger partial charge in [0, 0.05) is 5.56 Å². The van der Waals surface area contributed by atoms with Crippen LogP contribution in [0.5, 0.6) is 5.75 Å². The number of rotatable bonds is 4. The molecule has 0 radical (unpaired) electrons. The molecule has 4 N–H and O–H groups in total. The van der Waals surface area contributed by atoms with Gasteiger partial charge in [-0.15, -0.1) is 0 Å². The van der Waals surface area contributed by atoms with Gasteiger partial charge in [-0.1, -0.05) is 30.3 Å². The van der Waals surface area contributed by atoms with Crippen molar-refractivity contribution in [2.45, 2.75) is 12.5 Å². The summed E-state index contributed by atoms with van der Waals surface area (Å²) in [5.74, 6) is 1.45. The molecule has 2 aromatic carbocycles. The van der Waals surface area contributed by atoms with Gasteiger partial charge in [0.1, 0.15) is 11.6 Å². The second-order valence-electron chi connectivity index (χ2n) is 4.89. The number of hydrogen-bond donors (Lipinski definition) is 3. The molecule has 0 unspecified atom stereocenters. The van der Waals surface area contributed by atoms with E-state index < -0.39 is 0 Å². The highest BCUT2D eigenvalue weighted by atomic mass is 16.3. The Labute approximate surface area is 122 Å². The first kappa shape index (κ1) is 13.3. The first-order valence-corrected chi connectivity index (χ1v) is 6.73. The molecular formula is C16H16N4O. The number of nitrogens with one attached hydrogen (secondary N) is 1. The average molecular weight is 280 g/mol. The minimum Gasteiger partial charge on any atom is -0.508 e. The summed E-state index contributed by atoms with van der Waals surface area (Å²) >= 11 is 0. The van der Waals surface area contributed by atoms with Crippen molar-refractivity contribution >= 4 is 0 Å². The third-order valence-electron chi connectivity index (χ3n) is 3.28. The van der Waals surface area contributed by atoms with Crippen LogP contribution in [0, 0.1) is 0 Å². The Kier molecular flexibility index (Phi) is 3.66. The molecule has 0 saturated heterocycles. The van der Waals surface area contributed by atoms with Crippen LogP contribution in [-0.2, 0) is 6.42 Å². The summed E-state index contributed by atoms with van der Waals surface area (Å²) in [6.45, 7) is 0. The SMILES string of the molecule is N[C@H](Cc1ccccc1)c1nc(-c2ccc(O)cc2)n[nH]1. The van der Waals surface area contributed by atoms with Crippen molar-refractivity contribution in [3.8, 4) is 17.1 Å². The molecule has 0 amide bonds. The molecule has 21 heavy (non-hydrogen) atoms. The molecule has 5 nitrogen and oxygen atoms in total. The zero-order chi connectivity index (χ0) is 14.7. The lowest BCUT2D eigenvalue weighted by Gasteiger charge is -2.07. The Bertz CT molecular complexity index is 707. The van der Waals surface area contributed by atoms with Gasteiger partial charge in [0.25, 0.3) is 0 Å². The predicted molar refractivity (Wildman–Crippen MR) is 80.6 cm³/mol. The zero-order valence-corrected chi connectivity index (χ0v) is 11.4. The van der Waals surface area contributed by atoms with Gasteiger partial charge in [0.2, 0.25) is 0 Å². The lowest BCUT2D eigenvalue weighted by Crippen LogP contribution is -2.15. The number of phenols is 1. The third kappa shape index (κ3) is 3.09. The van der Waals surface area contributed by atoms with E-state index in [0.717, 1.165) is 11.1 Å². The average Bonchev–Trinajstić information content (AvgIpc) is 2.99. The smallest absolute Gasteiger partial charge is 0.181 e. The topological polar surface area (TPSA) is 87.8 Å². The lowest BCUT2D eigenvalue weighted by atomic mass is 10.1. The number of phenolic OH excluding ortho intramolecular Hbond substituents is 1. The molecule has 0 saturated carbocycles. The Balaban J connectivity index is 1.76. The summed E-state index contributed by atoms with van der Waals surface area (Å²) in [5, 5.41) is 16.4. The van der Waals surface area contributed by atoms with E-state index in [-0.39, 0.29) is 11.8 Å². The quantitative estimate of drug-likeness (QED) is 0.685. The molecule has 3 aromatic rings. The number of aromatic amines is 1. The molecule has 0 aliphatic heterocycles. The van der Waals surface area contributed by atoms with E-state index in [9.17, 15) is 5.11 Å². The number of H-pyrrole nitrogens is 1. The van der Waals surface area contributed by atoms with Crippen LogP contribution in [0.3, 0.4) is 0 Å². The highest BCUT2D eigenvalue weighted by molar-refractivity contribution is 5.55. The van der Waals surface area contributed by atoms with Crippen LogP contribution in [0.25, 0.3) is 11.4 Å².